The Morgan fingerprint density at radius 3 is 2.48 bits per heavy atom. The van der Waals surface area contributed by atoms with E-state index in [-0.39, 0.29) is 12.4 Å². The molecule has 7 heteroatoms. The third-order valence-corrected chi connectivity index (χ3v) is 4.67. The van der Waals surface area contributed by atoms with Gasteiger partial charge in [-0.3, -0.25) is 4.98 Å². The van der Waals surface area contributed by atoms with Crippen LogP contribution in [0.4, 0.5) is 0 Å². The van der Waals surface area contributed by atoms with Crippen LogP contribution in [0.5, 0.6) is 11.5 Å². The fourth-order valence-corrected chi connectivity index (χ4v) is 3.16. The first-order valence-electron chi connectivity index (χ1n) is 9.07. The molecule has 0 atom stereocenters. The molecule has 0 aliphatic heterocycles. The van der Waals surface area contributed by atoms with E-state index in [4.69, 9.17) is 32.7 Å². The molecule has 0 amide bonds. The van der Waals surface area contributed by atoms with E-state index in [1.54, 1.807) is 18.3 Å². The van der Waals surface area contributed by atoms with Crippen molar-refractivity contribution in [3.8, 4) is 11.5 Å². The Morgan fingerprint density at radius 1 is 0.931 bits per heavy atom. The molecule has 0 radical (unpaired) electrons. The van der Waals surface area contributed by atoms with Crippen LogP contribution in [0.2, 0.25) is 10.0 Å². The molecule has 0 aliphatic carbocycles. The van der Waals surface area contributed by atoms with Gasteiger partial charge in [0.25, 0.3) is 0 Å². The summed E-state index contributed by atoms with van der Waals surface area (Å²) in [7, 11) is 0. The molecule has 4 nitrogen and oxygen atoms in total. The molecule has 3 aromatic rings. The third-order valence-electron chi connectivity index (χ3n) is 4.09. The third kappa shape index (κ3) is 7.09. The van der Waals surface area contributed by atoms with E-state index in [1.807, 2.05) is 49.5 Å². The molecule has 29 heavy (non-hydrogen) atoms. The number of aromatic nitrogens is 1. The van der Waals surface area contributed by atoms with Gasteiger partial charge in [-0.1, -0.05) is 41.4 Å². The first-order chi connectivity index (χ1) is 13.7. The van der Waals surface area contributed by atoms with Crippen molar-refractivity contribution in [1.82, 2.24) is 10.3 Å². The molecule has 0 aliphatic rings. The van der Waals surface area contributed by atoms with Crippen LogP contribution in [0.15, 0.2) is 60.9 Å². The second-order valence-electron chi connectivity index (χ2n) is 6.20. The van der Waals surface area contributed by atoms with Gasteiger partial charge in [-0.05, 0) is 48.4 Å². The quantitative estimate of drug-likeness (QED) is 0.426. The Bertz CT molecular complexity index is 908. The Kier molecular flexibility index (Phi) is 9.55. The lowest BCUT2D eigenvalue weighted by Gasteiger charge is -2.14. The maximum Gasteiger partial charge on any atom is 0.161 e. The van der Waals surface area contributed by atoms with E-state index in [0.717, 1.165) is 29.8 Å². The van der Waals surface area contributed by atoms with Crippen molar-refractivity contribution in [3.05, 3.63) is 87.7 Å². The van der Waals surface area contributed by atoms with E-state index in [9.17, 15) is 0 Å². The van der Waals surface area contributed by atoms with Gasteiger partial charge in [-0.15, -0.1) is 12.4 Å². The highest BCUT2D eigenvalue weighted by Crippen LogP contribution is 2.30. The lowest BCUT2D eigenvalue weighted by atomic mass is 10.2. The molecule has 154 valence electrons. The summed E-state index contributed by atoms with van der Waals surface area (Å²) < 4.78 is 11.7. The number of ether oxygens (including phenoxy) is 2. The molecule has 0 spiro atoms. The van der Waals surface area contributed by atoms with E-state index >= 15 is 0 Å². The molecule has 0 unspecified atom stereocenters. The molecular weight excluding hydrogens is 431 g/mol. The van der Waals surface area contributed by atoms with Crippen LogP contribution in [-0.2, 0) is 19.7 Å². The summed E-state index contributed by atoms with van der Waals surface area (Å²) in [6.07, 6.45) is 3.63. The highest BCUT2D eigenvalue weighted by molar-refractivity contribution is 6.35. The Morgan fingerprint density at radius 2 is 1.76 bits per heavy atom. The summed E-state index contributed by atoms with van der Waals surface area (Å²) in [5, 5.41) is 4.60. The van der Waals surface area contributed by atoms with Gasteiger partial charge in [0.15, 0.2) is 11.5 Å². The molecule has 0 fully saturated rings. The molecule has 1 aromatic heterocycles. The molecule has 2 aromatic carbocycles. The average molecular weight is 454 g/mol. The fourth-order valence-electron chi connectivity index (χ4n) is 2.70. The summed E-state index contributed by atoms with van der Waals surface area (Å²) >= 11 is 12.2. The van der Waals surface area contributed by atoms with Crippen molar-refractivity contribution < 1.29 is 9.47 Å². The predicted octanol–water partition coefficient (Wildman–Crippen LogP) is 6.08. The lowest BCUT2D eigenvalue weighted by molar-refractivity contribution is 0.269. The second-order valence-corrected chi connectivity index (χ2v) is 7.05. The molecule has 0 saturated carbocycles. The molecule has 3 rings (SSSR count). The van der Waals surface area contributed by atoms with Gasteiger partial charge < -0.3 is 14.8 Å². The van der Waals surface area contributed by atoms with Gasteiger partial charge in [0.2, 0.25) is 0 Å². The number of pyridine rings is 1. The maximum atomic E-state index is 6.22. The van der Waals surface area contributed by atoms with E-state index in [2.05, 4.69) is 10.3 Å². The zero-order valence-corrected chi connectivity index (χ0v) is 18.4. The van der Waals surface area contributed by atoms with Gasteiger partial charge >= 0.3 is 0 Å². The van der Waals surface area contributed by atoms with E-state index in [1.165, 1.54) is 0 Å². The fraction of sp³-hybridized carbons (Fsp3) is 0.227. The van der Waals surface area contributed by atoms with Crippen molar-refractivity contribution in [2.24, 2.45) is 0 Å². The standard InChI is InChI=1S/C22H22Cl2N2O2.ClH/c1-2-27-22-10-16(12-26-14-17-4-3-9-25-13-17)5-8-21(22)28-15-18-6-7-19(23)11-20(18)24;/h3-11,13,26H,2,12,14-15H2,1H3;1H. The largest absolute Gasteiger partial charge is 0.490 e. The Hall–Kier alpha value is -1.98. The minimum Gasteiger partial charge on any atom is -0.490 e. The number of nitrogens with zero attached hydrogens (tertiary/aromatic N) is 1. The molecular formula is C22H23Cl3N2O2. The van der Waals surface area contributed by atoms with Crippen molar-refractivity contribution in [1.29, 1.82) is 0 Å². The number of benzene rings is 2. The van der Waals surface area contributed by atoms with Crippen molar-refractivity contribution in [2.75, 3.05) is 6.61 Å². The van der Waals surface area contributed by atoms with Gasteiger partial charge in [-0.2, -0.15) is 0 Å². The van der Waals surface area contributed by atoms with E-state index in [0.29, 0.717) is 34.8 Å². The van der Waals surface area contributed by atoms with E-state index < -0.39 is 0 Å². The molecule has 1 heterocycles. The van der Waals surface area contributed by atoms with Gasteiger partial charge in [-0.25, -0.2) is 0 Å². The van der Waals surface area contributed by atoms with Gasteiger partial charge in [0.1, 0.15) is 6.61 Å². The van der Waals surface area contributed by atoms with Crippen LogP contribution in [0.25, 0.3) is 0 Å². The highest BCUT2D eigenvalue weighted by atomic mass is 35.5. The summed E-state index contributed by atoms with van der Waals surface area (Å²) in [6, 6.07) is 15.3. The Labute approximate surface area is 187 Å². The highest BCUT2D eigenvalue weighted by Gasteiger charge is 2.09. The normalized spacial score (nSPS) is 10.3. The summed E-state index contributed by atoms with van der Waals surface area (Å²) in [6.45, 7) is 4.33. The topological polar surface area (TPSA) is 43.4 Å². The lowest BCUT2D eigenvalue weighted by Crippen LogP contribution is -2.13. The van der Waals surface area contributed by atoms with Crippen LogP contribution in [0.1, 0.15) is 23.6 Å². The SMILES string of the molecule is CCOc1cc(CNCc2cccnc2)ccc1OCc1ccc(Cl)cc1Cl.Cl. The monoisotopic (exact) mass is 452 g/mol. The Balaban J connectivity index is 0.00000300. The molecule has 0 bridgehead atoms. The second kappa shape index (κ2) is 11.9. The number of hydrogen-bond acceptors (Lipinski definition) is 4. The van der Waals surface area contributed by atoms with Crippen LogP contribution >= 0.6 is 35.6 Å². The summed E-state index contributed by atoms with van der Waals surface area (Å²) in [5.41, 5.74) is 3.13. The predicted molar refractivity (Wildman–Crippen MR) is 120 cm³/mol. The van der Waals surface area contributed by atoms with Gasteiger partial charge in [0.05, 0.1) is 6.61 Å². The van der Waals surface area contributed by atoms with Crippen LogP contribution in [0, 0.1) is 0 Å². The number of halogens is 3. The number of nitrogens with one attached hydrogen (secondary N) is 1. The van der Waals surface area contributed by atoms with Gasteiger partial charge in [0, 0.05) is 41.1 Å². The van der Waals surface area contributed by atoms with Crippen LogP contribution in [-0.4, -0.2) is 11.6 Å². The summed E-state index contributed by atoms with van der Waals surface area (Å²) in [4.78, 5) is 4.12. The zero-order valence-electron chi connectivity index (χ0n) is 16.0. The number of rotatable bonds is 9. The van der Waals surface area contributed by atoms with Crippen LogP contribution < -0.4 is 14.8 Å². The smallest absolute Gasteiger partial charge is 0.161 e. The molecule has 0 saturated heterocycles. The first kappa shape index (κ1) is 23.3. The summed E-state index contributed by atoms with van der Waals surface area (Å²) in [5.74, 6) is 1.40. The van der Waals surface area contributed by atoms with Crippen molar-refractivity contribution in [2.45, 2.75) is 26.6 Å². The van der Waals surface area contributed by atoms with Crippen LogP contribution in [0.3, 0.4) is 0 Å². The minimum absolute atomic E-state index is 0. The zero-order chi connectivity index (χ0) is 19.8. The average Bonchev–Trinajstić information content (AvgIpc) is 2.69. The van der Waals surface area contributed by atoms with Crippen molar-refractivity contribution in [3.63, 3.8) is 0 Å². The minimum atomic E-state index is 0. The molecule has 1 N–H and O–H groups in total. The van der Waals surface area contributed by atoms with Crippen molar-refractivity contribution >= 4 is 35.6 Å². The number of hydrogen-bond donors (Lipinski definition) is 1. The maximum absolute atomic E-state index is 6.22. The first-order valence-corrected chi connectivity index (χ1v) is 9.83.